The maximum absolute atomic E-state index is 12.3. The highest BCUT2D eigenvalue weighted by molar-refractivity contribution is 6.02. The zero-order valence-electron chi connectivity index (χ0n) is 14.0. The van der Waals surface area contributed by atoms with E-state index in [4.69, 9.17) is 4.74 Å². The Kier molecular flexibility index (Phi) is 3.92. The van der Waals surface area contributed by atoms with Gasteiger partial charge in [-0.3, -0.25) is 4.79 Å². The molecule has 0 bridgehead atoms. The van der Waals surface area contributed by atoms with Crippen molar-refractivity contribution in [3.63, 3.8) is 0 Å². The molecule has 7 nitrogen and oxygen atoms in total. The smallest absolute Gasteiger partial charge is 0.338 e. The van der Waals surface area contributed by atoms with Gasteiger partial charge in [0, 0.05) is 25.7 Å². The van der Waals surface area contributed by atoms with Crippen molar-refractivity contribution in [2.24, 2.45) is 7.05 Å². The summed E-state index contributed by atoms with van der Waals surface area (Å²) in [4.78, 5) is 28.7. The Labute approximate surface area is 138 Å². The van der Waals surface area contributed by atoms with Crippen molar-refractivity contribution < 1.29 is 14.3 Å². The Morgan fingerprint density at radius 2 is 2.08 bits per heavy atom. The van der Waals surface area contributed by atoms with Gasteiger partial charge in [-0.2, -0.15) is 5.10 Å². The largest absolute Gasteiger partial charge is 0.462 e. The van der Waals surface area contributed by atoms with Crippen LogP contribution in [0.2, 0.25) is 0 Å². The standard InChI is InChI=1S/C17H18N4O3/c1-5-24-17(23)13-8-14-12(16-18-9-19-20(16)4)6-7-21(14)15(10(13)2)11(3)22/h6-9H,5H2,1-4H3. The molecule has 0 unspecified atom stereocenters. The molecule has 0 spiro atoms. The topological polar surface area (TPSA) is 78.5 Å². The number of hydrogen-bond acceptors (Lipinski definition) is 5. The summed E-state index contributed by atoms with van der Waals surface area (Å²) in [7, 11) is 1.79. The van der Waals surface area contributed by atoms with Gasteiger partial charge in [-0.1, -0.05) is 0 Å². The van der Waals surface area contributed by atoms with Gasteiger partial charge >= 0.3 is 5.97 Å². The molecular formula is C17H18N4O3. The lowest BCUT2D eigenvalue weighted by molar-refractivity contribution is 0.0525. The Morgan fingerprint density at radius 3 is 2.67 bits per heavy atom. The van der Waals surface area contributed by atoms with E-state index < -0.39 is 5.97 Å². The van der Waals surface area contributed by atoms with E-state index in [-0.39, 0.29) is 12.4 Å². The first-order valence-electron chi connectivity index (χ1n) is 7.62. The van der Waals surface area contributed by atoms with Gasteiger partial charge in [-0.15, -0.1) is 0 Å². The molecule has 3 rings (SSSR count). The Balaban J connectivity index is 2.35. The third-order valence-corrected chi connectivity index (χ3v) is 3.99. The van der Waals surface area contributed by atoms with Gasteiger partial charge in [0.2, 0.25) is 0 Å². The van der Waals surface area contributed by atoms with Crippen molar-refractivity contribution >= 4 is 17.3 Å². The molecule has 3 aromatic rings. The first-order chi connectivity index (χ1) is 11.5. The van der Waals surface area contributed by atoms with Crippen LogP contribution in [0.25, 0.3) is 16.9 Å². The van der Waals surface area contributed by atoms with E-state index in [2.05, 4.69) is 10.1 Å². The average molecular weight is 326 g/mol. The zero-order chi connectivity index (χ0) is 17.4. The molecule has 0 N–H and O–H groups in total. The number of pyridine rings is 1. The van der Waals surface area contributed by atoms with Crippen LogP contribution in [0.3, 0.4) is 0 Å². The molecule has 124 valence electrons. The molecule has 0 atom stereocenters. The lowest BCUT2D eigenvalue weighted by atomic mass is 10.0. The molecule has 0 saturated carbocycles. The fourth-order valence-corrected chi connectivity index (χ4v) is 2.92. The first kappa shape index (κ1) is 15.9. The van der Waals surface area contributed by atoms with Gasteiger partial charge in [0.05, 0.1) is 23.4 Å². The van der Waals surface area contributed by atoms with Gasteiger partial charge in [0.15, 0.2) is 11.6 Å². The third-order valence-electron chi connectivity index (χ3n) is 3.99. The van der Waals surface area contributed by atoms with Crippen LogP contribution in [0.4, 0.5) is 0 Å². The van der Waals surface area contributed by atoms with E-state index in [1.54, 1.807) is 42.2 Å². The summed E-state index contributed by atoms with van der Waals surface area (Å²) >= 11 is 0. The van der Waals surface area contributed by atoms with E-state index in [9.17, 15) is 9.59 Å². The SMILES string of the molecule is CCOC(=O)c1cc2c(-c3ncnn3C)ccn2c(C(C)=O)c1C. The number of hydrogen-bond donors (Lipinski definition) is 0. The molecule has 24 heavy (non-hydrogen) atoms. The van der Waals surface area contributed by atoms with Gasteiger partial charge in [0.25, 0.3) is 0 Å². The predicted molar refractivity (Wildman–Crippen MR) is 88.1 cm³/mol. The molecule has 0 saturated heterocycles. The first-order valence-corrected chi connectivity index (χ1v) is 7.62. The van der Waals surface area contributed by atoms with Crippen LogP contribution < -0.4 is 0 Å². The maximum atomic E-state index is 12.3. The minimum absolute atomic E-state index is 0.122. The highest BCUT2D eigenvalue weighted by Crippen LogP contribution is 2.28. The number of ketones is 1. The van der Waals surface area contributed by atoms with Gasteiger partial charge in [-0.05, 0) is 31.5 Å². The van der Waals surface area contributed by atoms with Crippen LogP contribution in [-0.2, 0) is 11.8 Å². The number of esters is 1. The molecule has 0 aliphatic carbocycles. The van der Waals surface area contributed by atoms with Crippen LogP contribution >= 0.6 is 0 Å². The quantitative estimate of drug-likeness (QED) is 0.543. The number of rotatable bonds is 4. The maximum Gasteiger partial charge on any atom is 0.338 e. The van der Waals surface area contributed by atoms with Gasteiger partial charge in [0.1, 0.15) is 6.33 Å². The predicted octanol–water partition coefficient (Wildman–Crippen LogP) is 2.42. The Morgan fingerprint density at radius 1 is 1.33 bits per heavy atom. The summed E-state index contributed by atoms with van der Waals surface area (Å²) in [5.74, 6) is 0.0968. The van der Waals surface area contributed by atoms with E-state index >= 15 is 0 Å². The molecule has 7 heteroatoms. The summed E-state index contributed by atoms with van der Waals surface area (Å²) in [5.41, 5.74) is 2.96. The second-order valence-corrected chi connectivity index (χ2v) is 5.50. The number of Topliss-reactive ketones (excluding diaryl/α,β-unsaturated/α-hetero) is 1. The van der Waals surface area contributed by atoms with E-state index in [1.165, 1.54) is 13.3 Å². The summed E-state index contributed by atoms with van der Waals surface area (Å²) in [6, 6.07) is 3.60. The molecule has 0 aliphatic heterocycles. The summed E-state index contributed by atoms with van der Waals surface area (Å²) in [6.45, 7) is 5.26. The number of aryl methyl sites for hydroxylation is 1. The summed E-state index contributed by atoms with van der Waals surface area (Å²) in [5, 5.41) is 4.08. The number of nitrogens with zero attached hydrogens (tertiary/aromatic N) is 4. The van der Waals surface area contributed by atoms with Crippen molar-refractivity contribution in [3.05, 3.63) is 41.5 Å². The number of carbonyl (C=O) groups excluding carboxylic acids is 2. The molecule has 3 aromatic heterocycles. The monoisotopic (exact) mass is 326 g/mol. The van der Waals surface area contributed by atoms with E-state index in [0.29, 0.717) is 28.2 Å². The lowest BCUT2D eigenvalue weighted by Gasteiger charge is -2.13. The third kappa shape index (κ3) is 2.38. The second kappa shape index (κ2) is 5.92. The Hall–Kier alpha value is -2.96. The minimum Gasteiger partial charge on any atom is -0.462 e. The normalized spacial score (nSPS) is 11.0. The molecule has 0 radical (unpaired) electrons. The number of carbonyl (C=O) groups is 2. The van der Waals surface area contributed by atoms with Crippen molar-refractivity contribution in [1.82, 2.24) is 19.2 Å². The van der Waals surface area contributed by atoms with Crippen molar-refractivity contribution in [2.75, 3.05) is 6.61 Å². The number of fused-ring (bicyclic) bond motifs is 1. The minimum atomic E-state index is -0.440. The fraction of sp³-hybridized carbons (Fsp3) is 0.294. The molecule has 0 fully saturated rings. The summed E-state index contributed by atoms with van der Waals surface area (Å²) < 4.78 is 8.56. The molecule has 3 heterocycles. The molecule has 0 aliphatic rings. The van der Waals surface area contributed by atoms with Crippen molar-refractivity contribution in [1.29, 1.82) is 0 Å². The van der Waals surface area contributed by atoms with Crippen LogP contribution in [0.5, 0.6) is 0 Å². The van der Waals surface area contributed by atoms with Crippen LogP contribution in [0, 0.1) is 6.92 Å². The number of ether oxygens (including phenoxy) is 1. The summed E-state index contributed by atoms with van der Waals surface area (Å²) in [6.07, 6.45) is 3.27. The van der Waals surface area contributed by atoms with E-state index in [0.717, 1.165) is 5.56 Å². The second-order valence-electron chi connectivity index (χ2n) is 5.50. The van der Waals surface area contributed by atoms with Crippen LogP contribution in [0.1, 0.15) is 40.3 Å². The fourth-order valence-electron chi connectivity index (χ4n) is 2.92. The van der Waals surface area contributed by atoms with Crippen molar-refractivity contribution in [2.45, 2.75) is 20.8 Å². The number of aromatic nitrogens is 4. The average Bonchev–Trinajstić information content (AvgIpc) is 3.11. The molecular weight excluding hydrogens is 308 g/mol. The van der Waals surface area contributed by atoms with Crippen LogP contribution in [-0.4, -0.2) is 37.5 Å². The van der Waals surface area contributed by atoms with Crippen LogP contribution in [0.15, 0.2) is 24.7 Å². The highest BCUT2D eigenvalue weighted by atomic mass is 16.5. The van der Waals surface area contributed by atoms with Gasteiger partial charge in [-0.25, -0.2) is 14.5 Å². The van der Waals surface area contributed by atoms with Gasteiger partial charge < -0.3 is 9.14 Å². The van der Waals surface area contributed by atoms with E-state index in [1.807, 2.05) is 6.07 Å². The zero-order valence-corrected chi connectivity index (χ0v) is 14.0. The van der Waals surface area contributed by atoms with Crippen molar-refractivity contribution in [3.8, 4) is 11.4 Å². The molecule has 0 aromatic carbocycles. The lowest BCUT2D eigenvalue weighted by Crippen LogP contribution is -2.13. The Bertz CT molecular complexity index is 952. The molecule has 0 amide bonds. The highest BCUT2D eigenvalue weighted by Gasteiger charge is 2.22.